The topological polar surface area (TPSA) is 62.5 Å². The summed E-state index contributed by atoms with van der Waals surface area (Å²) in [7, 11) is 0. The zero-order valence-electron chi connectivity index (χ0n) is 30.8. The lowest BCUT2D eigenvalue weighted by molar-refractivity contribution is 0.794. The summed E-state index contributed by atoms with van der Waals surface area (Å²) < 4.78 is 0. The molecule has 264 valence electrons. The molecular weight excluding hydrogens is 693 g/mol. The lowest BCUT2D eigenvalue weighted by Crippen LogP contribution is -2.25. The summed E-state index contributed by atoms with van der Waals surface area (Å²) in [5.41, 5.74) is 17.3. The Balaban J connectivity index is 1.19. The van der Waals surface area contributed by atoms with Gasteiger partial charge in [0, 0.05) is 16.7 Å². The van der Waals surface area contributed by atoms with Crippen LogP contribution in [0.1, 0.15) is 27.8 Å². The molecule has 9 aromatic rings. The zero-order chi connectivity index (χ0) is 37.9. The maximum atomic E-state index is 9.63. The van der Waals surface area contributed by atoms with Crippen molar-refractivity contribution in [3.05, 3.63) is 222 Å². The second-order valence-electron chi connectivity index (χ2n) is 14.6. The van der Waals surface area contributed by atoms with Gasteiger partial charge in [0.2, 0.25) is 0 Å². The van der Waals surface area contributed by atoms with Crippen LogP contribution in [0.15, 0.2) is 194 Å². The molecule has 0 unspecified atom stereocenters. The molecular formula is C53H32N4. The molecule has 0 bridgehead atoms. The molecule has 0 atom stereocenters. The summed E-state index contributed by atoms with van der Waals surface area (Å²) in [6, 6.07) is 70.4. The van der Waals surface area contributed by atoms with Crippen molar-refractivity contribution >= 4 is 0 Å². The smallest absolute Gasteiger partial charge is 0.164 e. The van der Waals surface area contributed by atoms with Crippen molar-refractivity contribution in [2.45, 2.75) is 5.41 Å². The van der Waals surface area contributed by atoms with E-state index in [2.05, 4.69) is 115 Å². The largest absolute Gasteiger partial charge is 0.208 e. The van der Waals surface area contributed by atoms with Gasteiger partial charge in [-0.1, -0.05) is 164 Å². The van der Waals surface area contributed by atoms with Crippen LogP contribution in [0.2, 0.25) is 0 Å². The Kier molecular flexibility index (Phi) is 7.42. The predicted molar refractivity (Wildman–Crippen MR) is 228 cm³/mol. The highest BCUT2D eigenvalue weighted by Gasteiger charge is 2.51. The molecule has 2 aliphatic rings. The molecule has 0 saturated heterocycles. The van der Waals surface area contributed by atoms with Crippen LogP contribution in [0, 0.1) is 11.3 Å². The van der Waals surface area contributed by atoms with Gasteiger partial charge in [-0.15, -0.1) is 0 Å². The van der Waals surface area contributed by atoms with Crippen molar-refractivity contribution < 1.29 is 0 Å². The number of rotatable bonds is 5. The lowest BCUT2D eigenvalue weighted by atomic mass is 9.70. The van der Waals surface area contributed by atoms with E-state index < -0.39 is 5.41 Å². The molecule has 0 radical (unpaired) electrons. The summed E-state index contributed by atoms with van der Waals surface area (Å²) in [5.74, 6) is 1.81. The normalized spacial score (nSPS) is 12.7. The van der Waals surface area contributed by atoms with Crippen molar-refractivity contribution in [3.63, 3.8) is 0 Å². The van der Waals surface area contributed by atoms with Crippen LogP contribution in [0.5, 0.6) is 0 Å². The highest BCUT2D eigenvalue weighted by molar-refractivity contribution is 6.00. The van der Waals surface area contributed by atoms with Gasteiger partial charge in [-0.25, -0.2) is 15.0 Å². The van der Waals surface area contributed by atoms with Crippen LogP contribution in [0.4, 0.5) is 0 Å². The standard InChI is InChI=1S/C53H32N4/c54-33-34-26-28-35(29-27-34)38-30-39(32-40(31-38)52-56-50(36-14-3-1-4-15-36)55-51(57-52)37-16-5-2-6-17-37)41-21-13-25-48-49(41)44-20-9-12-24-47(44)53(48)45-22-10-7-18-42(45)43-19-8-11-23-46(43)53/h1-32H. The zero-order valence-corrected chi connectivity index (χ0v) is 30.8. The molecule has 11 rings (SSSR count). The average molecular weight is 725 g/mol. The number of hydrogen-bond acceptors (Lipinski definition) is 4. The maximum absolute atomic E-state index is 9.63. The van der Waals surface area contributed by atoms with E-state index in [0.29, 0.717) is 23.0 Å². The fraction of sp³-hybridized carbons (Fsp3) is 0.0189. The number of benzene rings is 8. The Morgan fingerprint density at radius 3 is 1.35 bits per heavy atom. The van der Waals surface area contributed by atoms with Gasteiger partial charge in [0.05, 0.1) is 17.0 Å². The average Bonchev–Trinajstić information content (AvgIpc) is 3.77. The minimum Gasteiger partial charge on any atom is -0.208 e. The van der Waals surface area contributed by atoms with Crippen LogP contribution < -0.4 is 0 Å². The van der Waals surface area contributed by atoms with Crippen molar-refractivity contribution in [3.8, 4) is 84.7 Å². The van der Waals surface area contributed by atoms with E-state index in [4.69, 9.17) is 15.0 Å². The Morgan fingerprint density at radius 1 is 0.333 bits per heavy atom. The summed E-state index contributed by atoms with van der Waals surface area (Å²) in [5, 5.41) is 9.63. The third-order valence-corrected chi connectivity index (χ3v) is 11.6. The van der Waals surface area contributed by atoms with Crippen molar-refractivity contribution in [2.24, 2.45) is 0 Å². The van der Waals surface area contributed by atoms with E-state index in [0.717, 1.165) is 38.9 Å². The van der Waals surface area contributed by atoms with Gasteiger partial charge in [-0.3, -0.25) is 0 Å². The minimum absolute atomic E-state index is 0.452. The van der Waals surface area contributed by atoms with Crippen molar-refractivity contribution in [2.75, 3.05) is 0 Å². The number of nitrogens with zero attached hydrogens (tertiary/aromatic N) is 4. The first kappa shape index (κ1) is 32.7. The van der Waals surface area contributed by atoms with Gasteiger partial charge in [-0.2, -0.15) is 5.26 Å². The van der Waals surface area contributed by atoms with Crippen LogP contribution in [-0.4, -0.2) is 15.0 Å². The van der Waals surface area contributed by atoms with Crippen LogP contribution >= 0.6 is 0 Å². The van der Waals surface area contributed by atoms with Gasteiger partial charge in [0.15, 0.2) is 17.5 Å². The molecule has 1 heterocycles. The Labute approximate surface area is 331 Å². The van der Waals surface area contributed by atoms with Crippen LogP contribution in [-0.2, 0) is 5.41 Å². The molecule has 4 nitrogen and oxygen atoms in total. The highest BCUT2D eigenvalue weighted by Crippen LogP contribution is 2.64. The molecule has 57 heavy (non-hydrogen) atoms. The van der Waals surface area contributed by atoms with Gasteiger partial charge in [0.1, 0.15) is 0 Å². The molecule has 0 saturated carbocycles. The molecule has 0 N–H and O–H groups in total. The first-order valence-electron chi connectivity index (χ1n) is 19.2. The van der Waals surface area contributed by atoms with E-state index >= 15 is 0 Å². The van der Waals surface area contributed by atoms with E-state index in [1.807, 2.05) is 84.9 Å². The van der Waals surface area contributed by atoms with E-state index in [1.54, 1.807) is 0 Å². The third-order valence-electron chi connectivity index (χ3n) is 11.6. The van der Waals surface area contributed by atoms with Gasteiger partial charge >= 0.3 is 0 Å². The SMILES string of the molecule is N#Cc1ccc(-c2cc(-c3nc(-c4ccccc4)nc(-c4ccccc4)n3)cc(-c3cccc4c3-c3ccccc3C43c4ccccc4-c4ccccc43)c2)cc1. The first-order valence-corrected chi connectivity index (χ1v) is 19.2. The predicted octanol–water partition coefficient (Wildman–Crippen LogP) is 12.4. The maximum Gasteiger partial charge on any atom is 0.164 e. The Bertz CT molecular complexity index is 2970. The summed E-state index contributed by atoms with van der Waals surface area (Å²) >= 11 is 0. The highest BCUT2D eigenvalue weighted by atomic mass is 15.0. The number of fused-ring (bicyclic) bond motifs is 10. The van der Waals surface area contributed by atoms with Gasteiger partial charge < -0.3 is 0 Å². The molecule has 8 aromatic carbocycles. The summed E-state index contributed by atoms with van der Waals surface area (Å²) in [6.07, 6.45) is 0. The monoisotopic (exact) mass is 724 g/mol. The quantitative estimate of drug-likeness (QED) is 0.177. The fourth-order valence-corrected chi connectivity index (χ4v) is 9.14. The number of nitriles is 1. The summed E-state index contributed by atoms with van der Waals surface area (Å²) in [6.45, 7) is 0. The molecule has 0 aliphatic heterocycles. The molecule has 0 fully saturated rings. The molecule has 2 aliphatic carbocycles. The third kappa shape index (κ3) is 5.03. The van der Waals surface area contributed by atoms with Crippen LogP contribution in [0.3, 0.4) is 0 Å². The molecule has 1 aromatic heterocycles. The van der Waals surface area contributed by atoms with Crippen molar-refractivity contribution in [1.29, 1.82) is 5.26 Å². The van der Waals surface area contributed by atoms with E-state index in [-0.39, 0.29) is 0 Å². The van der Waals surface area contributed by atoms with E-state index in [9.17, 15) is 5.26 Å². The molecule has 4 heteroatoms. The van der Waals surface area contributed by atoms with Gasteiger partial charge in [-0.05, 0) is 97.1 Å². The first-order chi connectivity index (χ1) is 28.2. The summed E-state index contributed by atoms with van der Waals surface area (Å²) in [4.78, 5) is 15.3. The fourth-order valence-electron chi connectivity index (χ4n) is 9.14. The Morgan fingerprint density at radius 2 is 0.772 bits per heavy atom. The molecule has 0 amide bonds. The van der Waals surface area contributed by atoms with Gasteiger partial charge in [0.25, 0.3) is 0 Å². The minimum atomic E-state index is -0.452. The Hall–Kier alpha value is -7.74. The number of aromatic nitrogens is 3. The van der Waals surface area contributed by atoms with E-state index in [1.165, 1.54) is 44.5 Å². The molecule has 1 spiro atoms. The second kappa shape index (κ2) is 12.9. The second-order valence-corrected chi connectivity index (χ2v) is 14.6. The lowest BCUT2D eigenvalue weighted by Gasteiger charge is -2.30. The number of hydrogen-bond donors (Lipinski definition) is 0. The van der Waals surface area contributed by atoms with Crippen LogP contribution in [0.25, 0.3) is 78.7 Å². The van der Waals surface area contributed by atoms with Crippen molar-refractivity contribution in [1.82, 2.24) is 15.0 Å².